The van der Waals surface area contributed by atoms with Crippen LogP contribution in [-0.2, 0) is 11.3 Å². The maximum absolute atomic E-state index is 5.75. The van der Waals surface area contributed by atoms with Crippen molar-refractivity contribution in [3.05, 3.63) is 29.3 Å². The van der Waals surface area contributed by atoms with Gasteiger partial charge in [0.2, 0.25) is 0 Å². The SMILES string of the molecule is COc1cc(CN2C[C@@H](C)O[C@@H](C)C2)ccc1C(N)=S. The number of hydrogen-bond acceptors (Lipinski definition) is 4. The summed E-state index contributed by atoms with van der Waals surface area (Å²) in [4.78, 5) is 2.76. The summed E-state index contributed by atoms with van der Waals surface area (Å²) >= 11 is 5.02. The first-order valence-corrected chi connectivity index (χ1v) is 7.25. The lowest BCUT2D eigenvalue weighted by atomic mass is 10.1. The molecule has 1 saturated heterocycles. The Hall–Kier alpha value is -1.17. The van der Waals surface area contributed by atoms with Gasteiger partial charge in [0.1, 0.15) is 10.7 Å². The van der Waals surface area contributed by atoms with E-state index < -0.39 is 0 Å². The van der Waals surface area contributed by atoms with Gasteiger partial charge in [0.15, 0.2) is 0 Å². The van der Waals surface area contributed by atoms with E-state index in [1.807, 2.05) is 12.1 Å². The highest BCUT2D eigenvalue weighted by molar-refractivity contribution is 7.80. The van der Waals surface area contributed by atoms with E-state index in [1.54, 1.807) is 7.11 Å². The molecule has 0 aliphatic carbocycles. The van der Waals surface area contributed by atoms with E-state index in [1.165, 1.54) is 5.56 Å². The summed E-state index contributed by atoms with van der Waals surface area (Å²) in [6.07, 6.45) is 0.549. The minimum atomic E-state index is 0.275. The fourth-order valence-electron chi connectivity index (χ4n) is 2.71. The van der Waals surface area contributed by atoms with Crippen molar-refractivity contribution in [1.82, 2.24) is 4.90 Å². The van der Waals surface area contributed by atoms with Gasteiger partial charge in [-0.05, 0) is 31.5 Å². The van der Waals surface area contributed by atoms with E-state index in [9.17, 15) is 0 Å². The zero-order chi connectivity index (χ0) is 14.7. The third-order valence-electron chi connectivity index (χ3n) is 3.43. The standard InChI is InChI=1S/C15H22N2O2S/c1-10-7-17(8-11(2)19-10)9-12-4-5-13(15(16)20)14(6-12)18-3/h4-6,10-11H,7-9H2,1-3H3,(H2,16,20)/t10-,11+. The second-order valence-corrected chi connectivity index (χ2v) is 5.79. The van der Waals surface area contributed by atoms with Crippen LogP contribution in [0.3, 0.4) is 0 Å². The summed E-state index contributed by atoms with van der Waals surface area (Å²) in [6.45, 7) is 7.00. The highest BCUT2D eigenvalue weighted by atomic mass is 32.1. The summed E-state index contributed by atoms with van der Waals surface area (Å²) < 4.78 is 11.1. The summed E-state index contributed by atoms with van der Waals surface area (Å²) in [5.74, 6) is 0.740. The van der Waals surface area contributed by atoms with Gasteiger partial charge in [0.05, 0.1) is 24.9 Å². The number of methoxy groups -OCH3 is 1. The van der Waals surface area contributed by atoms with Crippen molar-refractivity contribution >= 4 is 17.2 Å². The molecule has 2 atom stereocenters. The van der Waals surface area contributed by atoms with Crippen LogP contribution in [0, 0.1) is 0 Å². The average molecular weight is 294 g/mol. The molecular formula is C15H22N2O2S. The van der Waals surface area contributed by atoms with E-state index in [0.717, 1.165) is 30.9 Å². The van der Waals surface area contributed by atoms with Gasteiger partial charge < -0.3 is 15.2 Å². The van der Waals surface area contributed by atoms with Crippen LogP contribution >= 0.6 is 12.2 Å². The molecule has 0 unspecified atom stereocenters. The van der Waals surface area contributed by atoms with Gasteiger partial charge in [-0.3, -0.25) is 4.90 Å². The Morgan fingerprint density at radius 1 is 1.40 bits per heavy atom. The molecule has 20 heavy (non-hydrogen) atoms. The molecule has 0 bridgehead atoms. The number of nitrogens with zero attached hydrogens (tertiary/aromatic N) is 1. The third kappa shape index (κ3) is 3.69. The third-order valence-corrected chi connectivity index (χ3v) is 3.65. The predicted octanol–water partition coefficient (Wildman–Crippen LogP) is 1.94. The van der Waals surface area contributed by atoms with E-state index in [4.69, 9.17) is 27.4 Å². The summed E-state index contributed by atoms with van der Waals surface area (Å²) in [5, 5.41) is 0. The minimum Gasteiger partial charge on any atom is -0.496 e. The Kier molecular flexibility index (Phi) is 4.96. The normalized spacial score (nSPS) is 23.6. The van der Waals surface area contributed by atoms with Gasteiger partial charge in [0, 0.05) is 19.6 Å². The Balaban J connectivity index is 2.11. The second kappa shape index (κ2) is 6.52. The van der Waals surface area contributed by atoms with Crippen LogP contribution in [0.15, 0.2) is 18.2 Å². The van der Waals surface area contributed by atoms with Crippen LogP contribution in [0.1, 0.15) is 25.0 Å². The van der Waals surface area contributed by atoms with Crippen LogP contribution in [0.25, 0.3) is 0 Å². The molecule has 1 fully saturated rings. The Labute approximate surface area is 125 Å². The van der Waals surface area contributed by atoms with E-state index >= 15 is 0 Å². The van der Waals surface area contributed by atoms with Crippen molar-refractivity contribution < 1.29 is 9.47 Å². The average Bonchev–Trinajstić information content (AvgIpc) is 2.37. The van der Waals surface area contributed by atoms with Gasteiger partial charge in [-0.25, -0.2) is 0 Å². The maximum atomic E-state index is 5.75. The molecule has 0 radical (unpaired) electrons. The van der Waals surface area contributed by atoms with Crippen molar-refractivity contribution in [2.75, 3.05) is 20.2 Å². The monoisotopic (exact) mass is 294 g/mol. The van der Waals surface area contributed by atoms with Gasteiger partial charge in [0.25, 0.3) is 0 Å². The van der Waals surface area contributed by atoms with Crippen LogP contribution in [0.4, 0.5) is 0 Å². The molecule has 1 heterocycles. The Morgan fingerprint density at radius 2 is 2.05 bits per heavy atom. The zero-order valence-electron chi connectivity index (χ0n) is 12.3. The van der Waals surface area contributed by atoms with E-state index in [-0.39, 0.29) is 12.2 Å². The molecule has 0 spiro atoms. The quantitative estimate of drug-likeness (QED) is 0.860. The molecule has 0 saturated carbocycles. The molecule has 110 valence electrons. The fourth-order valence-corrected chi connectivity index (χ4v) is 2.88. The number of hydrogen-bond donors (Lipinski definition) is 1. The number of nitrogens with two attached hydrogens (primary N) is 1. The molecule has 1 aromatic rings. The molecular weight excluding hydrogens is 272 g/mol. The van der Waals surface area contributed by atoms with Crippen LogP contribution in [0.5, 0.6) is 5.75 Å². The number of ether oxygens (including phenoxy) is 2. The first-order chi connectivity index (χ1) is 9.49. The van der Waals surface area contributed by atoms with Gasteiger partial charge in [-0.15, -0.1) is 0 Å². The van der Waals surface area contributed by atoms with Crippen LogP contribution in [-0.4, -0.2) is 42.3 Å². The van der Waals surface area contributed by atoms with Crippen molar-refractivity contribution in [2.24, 2.45) is 5.73 Å². The molecule has 4 nitrogen and oxygen atoms in total. The highest BCUT2D eigenvalue weighted by Crippen LogP contribution is 2.22. The predicted molar refractivity (Wildman–Crippen MR) is 84.2 cm³/mol. The maximum Gasteiger partial charge on any atom is 0.129 e. The number of thiocarbonyl (C=S) groups is 1. The summed E-state index contributed by atoms with van der Waals surface area (Å²) in [5.41, 5.74) is 7.67. The minimum absolute atomic E-state index is 0.275. The van der Waals surface area contributed by atoms with Crippen molar-refractivity contribution in [3.63, 3.8) is 0 Å². The zero-order valence-corrected chi connectivity index (χ0v) is 13.1. The lowest BCUT2D eigenvalue weighted by Gasteiger charge is -2.35. The highest BCUT2D eigenvalue weighted by Gasteiger charge is 2.22. The van der Waals surface area contributed by atoms with Crippen LogP contribution in [0.2, 0.25) is 0 Å². The number of benzene rings is 1. The topological polar surface area (TPSA) is 47.7 Å². The van der Waals surface area contributed by atoms with Gasteiger partial charge in [-0.2, -0.15) is 0 Å². The first kappa shape index (κ1) is 15.2. The summed E-state index contributed by atoms with van der Waals surface area (Å²) in [7, 11) is 1.64. The number of rotatable bonds is 4. The molecule has 5 heteroatoms. The van der Waals surface area contributed by atoms with Gasteiger partial charge >= 0.3 is 0 Å². The summed E-state index contributed by atoms with van der Waals surface area (Å²) in [6, 6.07) is 6.00. The van der Waals surface area contributed by atoms with E-state index in [2.05, 4.69) is 24.8 Å². The lowest BCUT2D eigenvalue weighted by molar-refractivity contribution is -0.0704. The van der Waals surface area contributed by atoms with Crippen molar-refractivity contribution in [1.29, 1.82) is 0 Å². The fraction of sp³-hybridized carbons (Fsp3) is 0.533. The Morgan fingerprint density at radius 3 is 2.60 bits per heavy atom. The smallest absolute Gasteiger partial charge is 0.129 e. The van der Waals surface area contributed by atoms with E-state index in [0.29, 0.717) is 4.99 Å². The lowest BCUT2D eigenvalue weighted by Crippen LogP contribution is -2.44. The first-order valence-electron chi connectivity index (χ1n) is 6.84. The molecule has 2 rings (SSSR count). The number of morpholine rings is 1. The molecule has 1 aromatic carbocycles. The Bertz CT molecular complexity index is 483. The molecule has 2 N–H and O–H groups in total. The molecule has 1 aliphatic heterocycles. The molecule has 1 aliphatic rings. The molecule has 0 aromatic heterocycles. The van der Waals surface area contributed by atoms with Crippen molar-refractivity contribution in [2.45, 2.75) is 32.6 Å². The van der Waals surface area contributed by atoms with Gasteiger partial charge in [-0.1, -0.05) is 18.3 Å². The van der Waals surface area contributed by atoms with Crippen molar-refractivity contribution in [3.8, 4) is 5.75 Å². The van der Waals surface area contributed by atoms with Crippen LogP contribution < -0.4 is 10.5 Å². The second-order valence-electron chi connectivity index (χ2n) is 5.35. The molecule has 0 amide bonds. The largest absolute Gasteiger partial charge is 0.496 e.